The molecule has 1 aliphatic heterocycles. The van der Waals surface area contributed by atoms with Gasteiger partial charge in [0.05, 0.1) is 18.6 Å². The van der Waals surface area contributed by atoms with E-state index in [1.165, 1.54) is 0 Å². The van der Waals surface area contributed by atoms with Crippen LogP contribution >= 0.6 is 11.6 Å². The summed E-state index contributed by atoms with van der Waals surface area (Å²) >= 11 is 5.61. The zero-order chi connectivity index (χ0) is 10.8. The standard InChI is InChI=1S/C9H15ClO4/c1-3-7(8(11)12)9(2)13-5-6(4-10)14-9/h6-7H,3-5H2,1-2H3,(H,11,12). The van der Waals surface area contributed by atoms with Gasteiger partial charge in [-0.15, -0.1) is 11.6 Å². The van der Waals surface area contributed by atoms with Crippen LogP contribution in [0.1, 0.15) is 20.3 Å². The van der Waals surface area contributed by atoms with Gasteiger partial charge < -0.3 is 14.6 Å². The van der Waals surface area contributed by atoms with Crippen molar-refractivity contribution in [1.29, 1.82) is 0 Å². The zero-order valence-electron chi connectivity index (χ0n) is 8.33. The maximum Gasteiger partial charge on any atom is 0.311 e. The van der Waals surface area contributed by atoms with Crippen LogP contribution in [0.2, 0.25) is 0 Å². The summed E-state index contributed by atoms with van der Waals surface area (Å²) in [5.41, 5.74) is 0. The molecule has 0 aromatic heterocycles. The van der Waals surface area contributed by atoms with Crippen LogP contribution in [-0.4, -0.2) is 35.5 Å². The first kappa shape index (κ1) is 11.8. The van der Waals surface area contributed by atoms with Gasteiger partial charge in [0.15, 0.2) is 5.79 Å². The normalized spacial score (nSPS) is 34.4. The van der Waals surface area contributed by atoms with Crippen molar-refractivity contribution in [1.82, 2.24) is 0 Å². The summed E-state index contributed by atoms with van der Waals surface area (Å²) in [6.45, 7) is 3.82. The smallest absolute Gasteiger partial charge is 0.311 e. The molecule has 1 fully saturated rings. The molecule has 3 atom stereocenters. The maximum absolute atomic E-state index is 10.9. The van der Waals surface area contributed by atoms with Crippen molar-refractivity contribution in [3.05, 3.63) is 0 Å². The van der Waals surface area contributed by atoms with Gasteiger partial charge in [0.2, 0.25) is 0 Å². The predicted octanol–water partition coefficient (Wildman–Crippen LogP) is 1.47. The lowest BCUT2D eigenvalue weighted by Crippen LogP contribution is -2.41. The first-order valence-corrected chi connectivity index (χ1v) is 5.17. The average molecular weight is 223 g/mol. The number of carboxylic acids is 1. The molecule has 82 valence electrons. The summed E-state index contributed by atoms with van der Waals surface area (Å²) < 4.78 is 10.8. The van der Waals surface area contributed by atoms with Gasteiger partial charge in [0, 0.05) is 0 Å². The van der Waals surface area contributed by atoms with Gasteiger partial charge in [-0.1, -0.05) is 6.92 Å². The Morgan fingerprint density at radius 2 is 2.43 bits per heavy atom. The third-order valence-electron chi connectivity index (χ3n) is 2.47. The Balaban J connectivity index is 2.70. The number of alkyl halides is 1. The van der Waals surface area contributed by atoms with Crippen LogP contribution in [0, 0.1) is 5.92 Å². The second-order valence-electron chi connectivity index (χ2n) is 3.52. The van der Waals surface area contributed by atoms with Crippen LogP contribution in [0.25, 0.3) is 0 Å². The topological polar surface area (TPSA) is 55.8 Å². The molecule has 4 nitrogen and oxygen atoms in total. The second kappa shape index (κ2) is 4.47. The number of ether oxygens (including phenoxy) is 2. The third kappa shape index (κ3) is 2.19. The summed E-state index contributed by atoms with van der Waals surface area (Å²) in [5.74, 6) is -2.24. The lowest BCUT2D eigenvalue weighted by Gasteiger charge is -2.28. The zero-order valence-corrected chi connectivity index (χ0v) is 9.08. The third-order valence-corrected chi connectivity index (χ3v) is 2.81. The summed E-state index contributed by atoms with van der Waals surface area (Å²) in [4.78, 5) is 10.9. The van der Waals surface area contributed by atoms with Gasteiger partial charge in [-0.2, -0.15) is 0 Å². The molecule has 14 heavy (non-hydrogen) atoms. The van der Waals surface area contributed by atoms with Gasteiger partial charge in [-0.3, -0.25) is 4.79 Å². The number of aliphatic carboxylic acids is 1. The van der Waals surface area contributed by atoms with Crippen molar-refractivity contribution < 1.29 is 19.4 Å². The van der Waals surface area contributed by atoms with E-state index in [9.17, 15) is 4.79 Å². The van der Waals surface area contributed by atoms with Crippen LogP contribution < -0.4 is 0 Å². The molecule has 1 N–H and O–H groups in total. The first-order chi connectivity index (χ1) is 6.53. The predicted molar refractivity (Wildman–Crippen MR) is 51.4 cm³/mol. The van der Waals surface area contributed by atoms with Crippen LogP contribution in [-0.2, 0) is 14.3 Å². The minimum absolute atomic E-state index is 0.199. The van der Waals surface area contributed by atoms with Gasteiger partial charge in [0.25, 0.3) is 0 Å². The fourth-order valence-electron chi connectivity index (χ4n) is 1.69. The van der Waals surface area contributed by atoms with Crippen molar-refractivity contribution in [3.8, 4) is 0 Å². The highest BCUT2D eigenvalue weighted by molar-refractivity contribution is 6.18. The Morgan fingerprint density at radius 3 is 2.79 bits per heavy atom. The Hall–Kier alpha value is -0.320. The van der Waals surface area contributed by atoms with E-state index in [4.69, 9.17) is 26.2 Å². The number of hydrogen-bond acceptors (Lipinski definition) is 3. The van der Waals surface area contributed by atoms with Gasteiger partial charge in [-0.25, -0.2) is 0 Å². The largest absolute Gasteiger partial charge is 0.481 e. The van der Waals surface area contributed by atoms with E-state index in [1.54, 1.807) is 13.8 Å². The Morgan fingerprint density at radius 1 is 1.79 bits per heavy atom. The van der Waals surface area contributed by atoms with E-state index in [0.717, 1.165) is 0 Å². The number of hydrogen-bond donors (Lipinski definition) is 1. The van der Waals surface area contributed by atoms with Crippen LogP contribution in [0.3, 0.4) is 0 Å². The van der Waals surface area contributed by atoms with E-state index >= 15 is 0 Å². The molecular weight excluding hydrogens is 208 g/mol. The van der Waals surface area contributed by atoms with Crippen molar-refractivity contribution in [3.63, 3.8) is 0 Å². The monoisotopic (exact) mass is 222 g/mol. The van der Waals surface area contributed by atoms with Crippen molar-refractivity contribution >= 4 is 17.6 Å². The Labute approximate surface area is 88.1 Å². The lowest BCUT2D eigenvalue weighted by molar-refractivity contribution is -0.202. The summed E-state index contributed by atoms with van der Waals surface area (Å²) in [6.07, 6.45) is 0.274. The van der Waals surface area contributed by atoms with Gasteiger partial charge >= 0.3 is 5.97 Å². The molecule has 0 aliphatic carbocycles. The molecule has 0 saturated carbocycles. The fourth-order valence-corrected chi connectivity index (χ4v) is 1.84. The van der Waals surface area contributed by atoms with E-state index in [2.05, 4.69) is 0 Å². The van der Waals surface area contributed by atoms with Gasteiger partial charge in [0.1, 0.15) is 5.92 Å². The van der Waals surface area contributed by atoms with E-state index in [0.29, 0.717) is 18.9 Å². The minimum Gasteiger partial charge on any atom is -0.481 e. The van der Waals surface area contributed by atoms with Gasteiger partial charge in [-0.05, 0) is 13.3 Å². The molecule has 0 radical (unpaired) electrons. The van der Waals surface area contributed by atoms with Crippen LogP contribution in [0.15, 0.2) is 0 Å². The molecule has 1 heterocycles. The molecule has 0 bridgehead atoms. The molecule has 3 unspecified atom stereocenters. The summed E-state index contributed by atoms with van der Waals surface area (Å²) in [5, 5.41) is 8.96. The number of carbonyl (C=O) groups is 1. The Bertz CT molecular complexity index is 221. The molecule has 0 amide bonds. The SMILES string of the molecule is CCC(C(=O)O)C1(C)OCC(CCl)O1. The number of carboxylic acid groups (broad SMARTS) is 1. The van der Waals surface area contributed by atoms with E-state index < -0.39 is 17.7 Å². The highest BCUT2D eigenvalue weighted by Crippen LogP contribution is 2.33. The van der Waals surface area contributed by atoms with Crippen molar-refractivity contribution in [2.75, 3.05) is 12.5 Å². The molecule has 1 saturated heterocycles. The summed E-state index contributed by atoms with van der Waals surface area (Å²) in [7, 11) is 0. The van der Waals surface area contributed by atoms with E-state index in [1.807, 2.05) is 0 Å². The first-order valence-electron chi connectivity index (χ1n) is 4.64. The molecular formula is C9H15ClO4. The maximum atomic E-state index is 10.9. The molecule has 0 aromatic carbocycles. The number of rotatable bonds is 4. The number of halogens is 1. The van der Waals surface area contributed by atoms with E-state index in [-0.39, 0.29) is 6.10 Å². The van der Waals surface area contributed by atoms with Crippen LogP contribution in [0.4, 0.5) is 0 Å². The van der Waals surface area contributed by atoms with Crippen molar-refractivity contribution in [2.24, 2.45) is 5.92 Å². The quantitative estimate of drug-likeness (QED) is 0.732. The highest BCUT2D eigenvalue weighted by Gasteiger charge is 2.46. The molecule has 1 aliphatic rings. The Kier molecular flexibility index (Phi) is 3.75. The second-order valence-corrected chi connectivity index (χ2v) is 3.83. The highest BCUT2D eigenvalue weighted by atomic mass is 35.5. The van der Waals surface area contributed by atoms with Crippen LogP contribution in [0.5, 0.6) is 0 Å². The minimum atomic E-state index is -1.03. The molecule has 5 heteroatoms. The molecule has 1 rings (SSSR count). The molecule has 0 spiro atoms. The lowest BCUT2D eigenvalue weighted by atomic mass is 9.97. The fraction of sp³-hybridized carbons (Fsp3) is 0.889. The molecule has 0 aromatic rings. The average Bonchev–Trinajstić information content (AvgIpc) is 2.48. The van der Waals surface area contributed by atoms with Crippen molar-refractivity contribution in [2.45, 2.75) is 32.2 Å². The summed E-state index contributed by atoms with van der Waals surface area (Å²) in [6, 6.07) is 0.